The number of H-pyrrole nitrogens is 1. The normalized spacial score (nSPS) is 10.4. The van der Waals surface area contributed by atoms with Crippen LogP contribution in [0.15, 0.2) is 33.6 Å². The van der Waals surface area contributed by atoms with Crippen LogP contribution >= 0.6 is 22.6 Å². The molecule has 0 fully saturated rings. The van der Waals surface area contributed by atoms with E-state index >= 15 is 0 Å². The van der Waals surface area contributed by atoms with Gasteiger partial charge < -0.3 is 4.74 Å². The summed E-state index contributed by atoms with van der Waals surface area (Å²) < 4.78 is 12.0. The van der Waals surface area contributed by atoms with Gasteiger partial charge in [-0.3, -0.25) is 4.52 Å². The predicted octanol–water partition coefficient (Wildman–Crippen LogP) is 1.25. The highest BCUT2D eigenvalue weighted by Crippen LogP contribution is 2.11. The van der Waals surface area contributed by atoms with Gasteiger partial charge in [-0.2, -0.15) is 0 Å². The van der Waals surface area contributed by atoms with Crippen molar-refractivity contribution in [2.45, 2.75) is 6.92 Å². The Morgan fingerprint density at radius 2 is 2.12 bits per heavy atom. The van der Waals surface area contributed by atoms with E-state index < -0.39 is 0 Å². The lowest BCUT2D eigenvalue weighted by atomic mass is 10.3. The number of hydrogen-bond acceptors (Lipinski definition) is 3. The fourth-order valence-corrected chi connectivity index (χ4v) is 1.77. The van der Waals surface area contributed by atoms with Crippen LogP contribution in [0.1, 0.15) is 6.92 Å². The Kier molecular flexibility index (Phi) is 3.28. The minimum atomic E-state index is -0.380. The molecular formula is C10H10IN2O3+. The molecule has 0 amide bonds. The molecular weight excluding hydrogens is 323 g/mol. The van der Waals surface area contributed by atoms with Gasteiger partial charge in [0.2, 0.25) is 5.69 Å². The molecule has 1 N–H and O–H groups in total. The predicted molar refractivity (Wildman–Crippen MR) is 64.7 cm³/mol. The van der Waals surface area contributed by atoms with E-state index in [4.69, 9.17) is 4.74 Å². The molecule has 6 heteroatoms. The molecule has 84 valence electrons. The first-order valence-corrected chi connectivity index (χ1v) is 5.82. The van der Waals surface area contributed by atoms with Crippen molar-refractivity contribution in [1.82, 2.24) is 5.27 Å². The number of halogens is 1. The number of aromatic amines is 1. The van der Waals surface area contributed by atoms with Crippen molar-refractivity contribution in [3.63, 3.8) is 0 Å². The van der Waals surface area contributed by atoms with E-state index in [2.05, 4.69) is 9.79 Å². The summed E-state index contributed by atoms with van der Waals surface area (Å²) in [6.07, 6.45) is 0. The van der Waals surface area contributed by atoms with Crippen molar-refractivity contribution in [2.75, 3.05) is 6.61 Å². The van der Waals surface area contributed by atoms with Crippen molar-refractivity contribution in [3.05, 3.63) is 38.4 Å². The Morgan fingerprint density at radius 3 is 2.62 bits per heavy atom. The van der Waals surface area contributed by atoms with Crippen molar-refractivity contribution in [3.8, 4) is 11.4 Å². The molecule has 0 spiro atoms. The topological polar surface area (TPSA) is 59.1 Å². The molecule has 16 heavy (non-hydrogen) atoms. The zero-order chi connectivity index (χ0) is 11.5. The fourth-order valence-electron chi connectivity index (χ4n) is 1.28. The summed E-state index contributed by atoms with van der Waals surface area (Å²) in [5, 5.41) is 2.52. The first kappa shape index (κ1) is 11.2. The Hall–Kier alpha value is -1.31. The smallest absolute Gasteiger partial charge is 0.441 e. The average molecular weight is 333 g/mol. The highest BCUT2D eigenvalue weighted by Gasteiger charge is 2.19. The van der Waals surface area contributed by atoms with Gasteiger partial charge in [-0.05, 0) is 29.0 Å². The molecule has 0 saturated heterocycles. The molecule has 0 unspecified atom stereocenters. The number of benzene rings is 1. The lowest BCUT2D eigenvalue weighted by Gasteiger charge is -2.00. The third-order valence-corrected chi connectivity index (χ3v) is 2.92. The van der Waals surface area contributed by atoms with Gasteiger partial charge in [0.15, 0.2) is 0 Å². The summed E-state index contributed by atoms with van der Waals surface area (Å²) in [6, 6.07) is 7.37. The molecule has 0 bridgehead atoms. The summed E-state index contributed by atoms with van der Waals surface area (Å²) in [5.41, 5.74) is 0.438. The number of nitrogens with one attached hydrogen (secondary N) is 1. The summed E-state index contributed by atoms with van der Waals surface area (Å²) in [4.78, 5) is 11.1. The molecule has 0 radical (unpaired) electrons. The van der Waals surface area contributed by atoms with Crippen molar-refractivity contribution in [1.29, 1.82) is 0 Å². The maximum absolute atomic E-state index is 11.1. The third-order valence-electron chi connectivity index (χ3n) is 2.00. The molecule has 2 rings (SSSR count). The monoisotopic (exact) mass is 333 g/mol. The lowest BCUT2D eigenvalue weighted by Crippen LogP contribution is -2.37. The van der Waals surface area contributed by atoms with Gasteiger partial charge in [0, 0.05) is 34.7 Å². The minimum Gasteiger partial charge on any atom is -0.494 e. The Labute approximate surface area is 105 Å². The van der Waals surface area contributed by atoms with E-state index in [0.29, 0.717) is 10.3 Å². The zero-order valence-corrected chi connectivity index (χ0v) is 10.7. The van der Waals surface area contributed by atoms with E-state index in [1.165, 1.54) is 0 Å². The molecule has 1 aromatic heterocycles. The van der Waals surface area contributed by atoms with Gasteiger partial charge in [-0.1, -0.05) is 0 Å². The maximum atomic E-state index is 11.1. The van der Waals surface area contributed by atoms with Crippen LogP contribution < -0.4 is 15.0 Å². The third kappa shape index (κ3) is 2.11. The first-order chi connectivity index (χ1) is 7.72. The first-order valence-electron chi connectivity index (χ1n) is 4.74. The molecule has 0 saturated carbocycles. The number of ether oxygens (including phenoxy) is 1. The van der Waals surface area contributed by atoms with Crippen molar-refractivity contribution < 1.29 is 13.9 Å². The second-order valence-corrected chi connectivity index (χ2v) is 4.06. The Morgan fingerprint density at radius 1 is 1.44 bits per heavy atom. The number of rotatable bonds is 3. The number of aromatic nitrogens is 2. The summed E-state index contributed by atoms with van der Waals surface area (Å²) in [6.45, 7) is 2.56. The van der Waals surface area contributed by atoms with E-state index in [1.54, 1.807) is 4.68 Å². The van der Waals surface area contributed by atoms with E-state index in [0.717, 1.165) is 11.4 Å². The van der Waals surface area contributed by atoms with Crippen LogP contribution in [0.25, 0.3) is 5.69 Å². The quantitative estimate of drug-likeness (QED) is 0.679. The van der Waals surface area contributed by atoms with Crippen LogP contribution in [0.5, 0.6) is 5.75 Å². The van der Waals surface area contributed by atoms with Gasteiger partial charge in [0.1, 0.15) is 5.75 Å². The van der Waals surface area contributed by atoms with E-state index in [1.807, 2.05) is 53.8 Å². The van der Waals surface area contributed by atoms with Gasteiger partial charge in [-0.25, -0.2) is 4.79 Å². The molecule has 2 aromatic rings. The van der Waals surface area contributed by atoms with Crippen LogP contribution in [0.3, 0.4) is 0 Å². The lowest BCUT2D eigenvalue weighted by molar-refractivity contribution is -0.682. The SMILES string of the molecule is CCOc1ccc(-[n+]2[nH]oc(=O)c2I)cc1. The van der Waals surface area contributed by atoms with Crippen LogP contribution in [0.2, 0.25) is 0 Å². The van der Waals surface area contributed by atoms with E-state index in [-0.39, 0.29) is 5.63 Å². The standard InChI is InChI=1S/C10H9IN2O3/c1-2-15-8-5-3-7(4-6-8)13-9(11)10(14)16-12-13/h3-6H,2H2,1H3/p+1. The van der Waals surface area contributed by atoms with Crippen molar-refractivity contribution >= 4 is 22.6 Å². The highest BCUT2D eigenvalue weighted by atomic mass is 127. The second kappa shape index (κ2) is 4.69. The molecule has 1 aromatic carbocycles. The van der Waals surface area contributed by atoms with Crippen LogP contribution in [-0.2, 0) is 0 Å². The maximum Gasteiger partial charge on any atom is 0.441 e. The van der Waals surface area contributed by atoms with Crippen molar-refractivity contribution in [2.24, 2.45) is 0 Å². The van der Waals surface area contributed by atoms with Crippen LogP contribution in [-0.4, -0.2) is 11.9 Å². The average Bonchev–Trinajstić information content (AvgIpc) is 2.62. The minimum absolute atomic E-state index is 0.380. The van der Waals surface area contributed by atoms with Gasteiger partial charge in [0.05, 0.1) is 6.61 Å². The Balaban J connectivity index is 2.35. The number of hydrogen-bond donors (Lipinski definition) is 1. The second-order valence-electron chi connectivity index (χ2n) is 3.03. The zero-order valence-electron chi connectivity index (χ0n) is 8.57. The van der Waals surface area contributed by atoms with Gasteiger partial charge in [-0.15, -0.1) is 0 Å². The molecule has 0 aliphatic carbocycles. The number of nitrogens with zero attached hydrogens (tertiary/aromatic N) is 1. The fraction of sp³-hybridized carbons (Fsp3) is 0.200. The Bertz CT molecular complexity index is 530. The van der Waals surface area contributed by atoms with Gasteiger partial charge in [0.25, 0.3) is 0 Å². The molecule has 0 atom stereocenters. The van der Waals surface area contributed by atoms with Crippen LogP contribution in [0, 0.1) is 3.70 Å². The largest absolute Gasteiger partial charge is 0.494 e. The molecule has 0 aliphatic rings. The van der Waals surface area contributed by atoms with Crippen LogP contribution in [0.4, 0.5) is 0 Å². The molecule has 1 heterocycles. The van der Waals surface area contributed by atoms with E-state index in [9.17, 15) is 4.79 Å². The summed E-state index contributed by atoms with van der Waals surface area (Å²) in [7, 11) is 0. The summed E-state index contributed by atoms with van der Waals surface area (Å²) >= 11 is 1.92. The molecule has 5 nitrogen and oxygen atoms in total. The van der Waals surface area contributed by atoms with Gasteiger partial charge >= 0.3 is 9.33 Å². The highest BCUT2D eigenvalue weighted by molar-refractivity contribution is 14.1. The summed E-state index contributed by atoms with van der Waals surface area (Å²) in [5.74, 6) is 0.799. The molecule has 0 aliphatic heterocycles.